The Kier molecular flexibility index (Phi) is 3.91. The van der Waals surface area contributed by atoms with Gasteiger partial charge in [-0.25, -0.2) is 0 Å². The lowest BCUT2D eigenvalue weighted by molar-refractivity contribution is 0.225. The van der Waals surface area contributed by atoms with Gasteiger partial charge in [-0.2, -0.15) is 0 Å². The van der Waals surface area contributed by atoms with Gasteiger partial charge in [0.2, 0.25) is 9.04 Å². The summed E-state index contributed by atoms with van der Waals surface area (Å²) < 4.78 is 6.46. The van der Waals surface area contributed by atoms with Gasteiger partial charge in [0.25, 0.3) is 0 Å². The molecule has 0 aromatic heterocycles. The van der Waals surface area contributed by atoms with Gasteiger partial charge in [0.05, 0.1) is 6.10 Å². The monoisotopic (exact) mass is 266 g/mol. The standard InChI is InChI=1S/C17H18OSi/c1-3-11-16(12-4-1)19(17-13-5-2-6-14-17)18-15-9-7-8-10-15/h1-8,11-15,19H,9-10H2. The van der Waals surface area contributed by atoms with E-state index in [2.05, 4.69) is 72.8 Å². The third-order valence-electron chi connectivity index (χ3n) is 3.50. The van der Waals surface area contributed by atoms with Crippen LogP contribution < -0.4 is 10.4 Å². The minimum atomic E-state index is -1.54. The zero-order valence-corrected chi connectivity index (χ0v) is 12.1. The van der Waals surface area contributed by atoms with Crippen LogP contribution in [0.1, 0.15) is 12.8 Å². The van der Waals surface area contributed by atoms with E-state index < -0.39 is 9.04 Å². The molecule has 0 radical (unpaired) electrons. The van der Waals surface area contributed by atoms with Crippen LogP contribution in [0, 0.1) is 0 Å². The van der Waals surface area contributed by atoms with Gasteiger partial charge in [0, 0.05) is 0 Å². The van der Waals surface area contributed by atoms with Crippen LogP contribution in [0.5, 0.6) is 0 Å². The van der Waals surface area contributed by atoms with Crippen LogP contribution in [0.4, 0.5) is 0 Å². The molecule has 1 nitrogen and oxygen atoms in total. The summed E-state index contributed by atoms with van der Waals surface area (Å²) >= 11 is 0. The van der Waals surface area contributed by atoms with Crippen molar-refractivity contribution in [1.82, 2.24) is 0 Å². The van der Waals surface area contributed by atoms with Crippen molar-refractivity contribution in [2.75, 3.05) is 0 Å². The third-order valence-corrected chi connectivity index (χ3v) is 6.14. The Morgan fingerprint density at radius 2 is 1.21 bits per heavy atom. The van der Waals surface area contributed by atoms with E-state index in [-0.39, 0.29) is 0 Å². The number of rotatable bonds is 4. The lowest BCUT2D eigenvalue weighted by Gasteiger charge is -2.21. The Morgan fingerprint density at radius 1 is 0.737 bits per heavy atom. The predicted octanol–water partition coefficient (Wildman–Crippen LogP) is 2.26. The third kappa shape index (κ3) is 3.03. The van der Waals surface area contributed by atoms with Crippen molar-refractivity contribution in [2.24, 2.45) is 0 Å². The second-order valence-corrected chi connectivity index (χ2v) is 7.27. The Hall–Kier alpha value is -1.64. The van der Waals surface area contributed by atoms with E-state index in [0.29, 0.717) is 6.10 Å². The van der Waals surface area contributed by atoms with Crippen molar-refractivity contribution in [1.29, 1.82) is 0 Å². The van der Waals surface area contributed by atoms with Crippen LogP contribution in [0.25, 0.3) is 0 Å². The summed E-state index contributed by atoms with van der Waals surface area (Å²) in [5.41, 5.74) is 0. The summed E-state index contributed by atoms with van der Waals surface area (Å²) in [6.45, 7) is 0. The number of benzene rings is 2. The van der Waals surface area contributed by atoms with Gasteiger partial charge in [-0.15, -0.1) is 0 Å². The predicted molar refractivity (Wildman–Crippen MR) is 82.5 cm³/mol. The molecule has 0 unspecified atom stereocenters. The normalized spacial score (nSPS) is 15.2. The van der Waals surface area contributed by atoms with Crippen molar-refractivity contribution in [3.8, 4) is 0 Å². The molecule has 0 atom stereocenters. The molecule has 96 valence electrons. The van der Waals surface area contributed by atoms with E-state index in [1.165, 1.54) is 10.4 Å². The SMILES string of the molecule is C1=CCC(O[SiH](c2ccccc2)c2ccccc2)C1. The fourth-order valence-electron chi connectivity index (χ4n) is 2.50. The van der Waals surface area contributed by atoms with Crippen LogP contribution in [0.15, 0.2) is 72.8 Å². The molecule has 0 heterocycles. The Balaban J connectivity index is 1.87. The molecule has 3 rings (SSSR count). The second-order valence-electron chi connectivity index (χ2n) is 4.90. The molecule has 0 fully saturated rings. The average Bonchev–Trinajstić information content (AvgIpc) is 3.00. The maximum atomic E-state index is 6.46. The molecule has 0 spiro atoms. The summed E-state index contributed by atoms with van der Waals surface area (Å²) in [6, 6.07) is 21.4. The van der Waals surface area contributed by atoms with Crippen molar-refractivity contribution < 1.29 is 4.43 Å². The van der Waals surface area contributed by atoms with E-state index in [1.54, 1.807) is 0 Å². The van der Waals surface area contributed by atoms with Gasteiger partial charge < -0.3 is 4.43 Å². The summed E-state index contributed by atoms with van der Waals surface area (Å²) in [6.07, 6.45) is 6.95. The molecule has 0 N–H and O–H groups in total. The fraction of sp³-hybridized carbons (Fsp3) is 0.176. The highest BCUT2D eigenvalue weighted by Crippen LogP contribution is 2.14. The lowest BCUT2D eigenvalue weighted by atomic mass is 10.3. The molecule has 0 bridgehead atoms. The first kappa shape index (κ1) is 12.4. The first-order chi connectivity index (χ1) is 9.43. The number of hydrogen-bond donors (Lipinski definition) is 0. The van der Waals surface area contributed by atoms with Crippen LogP contribution in [-0.4, -0.2) is 15.1 Å². The summed E-state index contributed by atoms with van der Waals surface area (Å²) in [7, 11) is -1.54. The molecular weight excluding hydrogens is 248 g/mol. The molecule has 1 aliphatic rings. The smallest absolute Gasteiger partial charge is 0.240 e. The summed E-state index contributed by atoms with van der Waals surface area (Å²) in [4.78, 5) is 0. The molecule has 2 aromatic carbocycles. The van der Waals surface area contributed by atoms with Crippen molar-refractivity contribution in [3.05, 3.63) is 72.8 Å². The van der Waals surface area contributed by atoms with Gasteiger partial charge in [-0.1, -0.05) is 72.8 Å². The molecular formula is C17H18OSi. The Bertz CT molecular complexity index is 488. The van der Waals surface area contributed by atoms with Gasteiger partial charge in [0.1, 0.15) is 0 Å². The first-order valence-electron chi connectivity index (χ1n) is 6.84. The molecule has 2 heteroatoms. The highest BCUT2D eigenvalue weighted by Gasteiger charge is 2.22. The average molecular weight is 266 g/mol. The van der Waals surface area contributed by atoms with Crippen LogP contribution in [0.3, 0.4) is 0 Å². The van der Waals surface area contributed by atoms with Gasteiger partial charge >= 0.3 is 0 Å². The van der Waals surface area contributed by atoms with Gasteiger partial charge in [0.15, 0.2) is 0 Å². The van der Waals surface area contributed by atoms with Crippen molar-refractivity contribution in [2.45, 2.75) is 18.9 Å². The van der Waals surface area contributed by atoms with Crippen LogP contribution in [-0.2, 0) is 4.43 Å². The maximum absolute atomic E-state index is 6.46. The highest BCUT2D eigenvalue weighted by molar-refractivity contribution is 6.80. The van der Waals surface area contributed by atoms with E-state index in [4.69, 9.17) is 4.43 Å². The molecule has 1 aliphatic carbocycles. The fourth-order valence-corrected chi connectivity index (χ4v) is 4.95. The van der Waals surface area contributed by atoms with Gasteiger partial charge in [-0.3, -0.25) is 0 Å². The molecule has 0 amide bonds. The molecule has 0 saturated carbocycles. The van der Waals surface area contributed by atoms with Crippen LogP contribution >= 0.6 is 0 Å². The molecule has 2 aromatic rings. The summed E-state index contributed by atoms with van der Waals surface area (Å²) in [5.74, 6) is 0. The lowest BCUT2D eigenvalue weighted by Crippen LogP contribution is -2.46. The first-order valence-corrected chi connectivity index (χ1v) is 8.46. The largest absolute Gasteiger partial charge is 0.407 e. The van der Waals surface area contributed by atoms with E-state index in [1.807, 2.05) is 0 Å². The van der Waals surface area contributed by atoms with E-state index in [9.17, 15) is 0 Å². The topological polar surface area (TPSA) is 9.23 Å². The van der Waals surface area contributed by atoms with Crippen molar-refractivity contribution in [3.63, 3.8) is 0 Å². The second kappa shape index (κ2) is 6.00. The van der Waals surface area contributed by atoms with Crippen LogP contribution in [0.2, 0.25) is 0 Å². The summed E-state index contributed by atoms with van der Waals surface area (Å²) in [5, 5.41) is 2.72. The Labute approximate surface area is 116 Å². The van der Waals surface area contributed by atoms with E-state index >= 15 is 0 Å². The quantitative estimate of drug-likeness (QED) is 0.609. The zero-order chi connectivity index (χ0) is 12.9. The zero-order valence-electron chi connectivity index (χ0n) is 10.9. The Morgan fingerprint density at radius 3 is 1.68 bits per heavy atom. The minimum absolute atomic E-state index is 0.372. The van der Waals surface area contributed by atoms with Crippen molar-refractivity contribution >= 4 is 19.4 Å². The highest BCUT2D eigenvalue weighted by atomic mass is 28.3. The molecule has 0 saturated heterocycles. The van der Waals surface area contributed by atoms with Gasteiger partial charge in [-0.05, 0) is 23.2 Å². The molecule has 0 aliphatic heterocycles. The molecule has 19 heavy (non-hydrogen) atoms. The maximum Gasteiger partial charge on any atom is 0.240 e. The van der Waals surface area contributed by atoms with E-state index in [0.717, 1.165) is 12.8 Å². The minimum Gasteiger partial charge on any atom is -0.407 e. The number of hydrogen-bond acceptors (Lipinski definition) is 1.